The molecule has 2 amide bonds. The Hall–Kier alpha value is -3.00. The number of pyridine rings is 1. The van der Waals surface area contributed by atoms with Crippen LogP contribution in [0.2, 0.25) is 0 Å². The fourth-order valence-electron chi connectivity index (χ4n) is 3.81. The highest BCUT2D eigenvalue weighted by Crippen LogP contribution is 2.22. The molecule has 1 saturated heterocycles. The SMILES string of the molecule is O=C(Nc1ccc(Br)cn1)C1CCCN(C(=O)CCCc2ncc(-c3ccccc3)o2)C1. The number of nitrogens with one attached hydrogen (secondary N) is 1. The molecule has 7 nitrogen and oxygen atoms in total. The average molecular weight is 497 g/mol. The minimum atomic E-state index is -0.224. The number of likely N-dealkylation sites (tertiary alicyclic amines) is 1. The molecule has 1 N–H and O–H groups in total. The van der Waals surface area contributed by atoms with Crippen LogP contribution in [0.3, 0.4) is 0 Å². The number of piperidine rings is 1. The molecule has 1 aliphatic rings. The van der Waals surface area contributed by atoms with Crippen molar-refractivity contribution in [2.24, 2.45) is 5.92 Å². The summed E-state index contributed by atoms with van der Waals surface area (Å²) < 4.78 is 6.66. The van der Waals surface area contributed by atoms with Gasteiger partial charge in [0.05, 0.1) is 12.1 Å². The van der Waals surface area contributed by atoms with Crippen molar-refractivity contribution >= 4 is 33.6 Å². The van der Waals surface area contributed by atoms with Crippen molar-refractivity contribution in [3.8, 4) is 11.3 Å². The Morgan fingerprint density at radius 3 is 2.75 bits per heavy atom. The van der Waals surface area contributed by atoms with Gasteiger partial charge in [-0.05, 0) is 47.3 Å². The quantitative estimate of drug-likeness (QED) is 0.512. The highest BCUT2D eigenvalue weighted by molar-refractivity contribution is 9.10. The normalized spacial score (nSPS) is 16.0. The van der Waals surface area contributed by atoms with E-state index >= 15 is 0 Å². The molecule has 166 valence electrons. The molecule has 3 heterocycles. The number of amides is 2. The van der Waals surface area contributed by atoms with E-state index in [2.05, 4.69) is 31.2 Å². The summed E-state index contributed by atoms with van der Waals surface area (Å²) in [4.78, 5) is 35.6. The van der Waals surface area contributed by atoms with Gasteiger partial charge in [-0.15, -0.1) is 0 Å². The summed E-state index contributed by atoms with van der Waals surface area (Å²) in [6, 6.07) is 13.4. The van der Waals surface area contributed by atoms with Crippen LogP contribution in [0.5, 0.6) is 0 Å². The molecule has 1 aliphatic heterocycles. The fraction of sp³-hybridized carbons (Fsp3) is 0.333. The molecule has 2 aromatic heterocycles. The summed E-state index contributed by atoms with van der Waals surface area (Å²) in [5, 5.41) is 2.85. The Balaban J connectivity index is 1.24. The number of carbonyl (C=O) groups excluding carboxylic acids is 2. The van der Waals surface area contributed by atoms with Crippen molar-refractivity contribution in [3.63, 3.8) is 0 Å². The van der Waals surface area contributed by atoms with E-state index in [1.165, 1.54) is 0 Å². The van der Waals surface area contributed by atoms with E-state index in [1.54, 1.807) is 23.4 Å². The molecule has 1 aromatic carbocycles. The lowest BCUT2D eigenvalue weighted by atomic mass is 9.96. The maximum Gasteiger partial charge on any atom is 0.230 e. The van der Waals surface area contributed by atoms with Gasteiger partial charge < -0.3 is 14.6 Å². The summed E-state index contributed by atoms with van der Waals surface area (Å²) in [6.07, 6.45) is 6.62. The summed E-state index contributed by atoms with van der Waals surface area (Å²) in [5.41, 5.74) is 0.985. The van der Waals surface area contributed by atoms with Crippen LogP contribution >= 0.6 is 15.9 Å². The number of anilines is 1. The van der Waals surface area contributed by atoms with Gasteiger partial charge in [0.15, 0.2) is 11.7 Å². The zero-order chi connectivity index (χ0) is 22.3. The second-order valence-corrected chi connectivity index (χ2v) is 8.78. The van der Waals surface area contributed by atoms with E-state index < -0.39 is 0 Å². The molecular formula is C24H25BrN4O3. The minimum Gasteiger partial charge on any atom is -0.441 e. The van der Waals surface area contributed by atoms with Gasteiger partial charge in [-0.2, -0.15) is 0 Å². The number of nitrogens with zero attached hydrogens (tertiary/aromatic N) is 3. The average Bonchev–Trinajstić information content (AvgIpc) is 3.30. The largest absolute Gasteiger partial charge is 0.441 e. The molecule has 1 fully saturated rings. The lowest BCUT2D eigenvalue weighted by Gasteiger charge is -2.32. The first-order chi connectivity index (χ1) is 15.6. The van der Waals surface area contributed by atoms with Crippen LogP contribution in [0.15, 0.2) is 63.7 Å². The molecule has 8 heteroatoms. The number of carbonyl (C=O) groups is 2. The smallest absolute Gasteiger partial charge is 0.230 e. The van der Waals surface area contributed by atoms with Crippen LogP contribution < -0.4 is 5.32 Å². The van der Waals surface area contributed by atoms with Gasteiger partial charge >= 0.3 is 0 Å². The molecule has 1 atom stereocenters. The third-order valence-corrected chi connectivity index (χ3v) is 5.99. The number of halogens is 1. The Kier molecular flexibility index (Phi) is 7.32. The number of oxazole rings is 1. The molecule has 4 rings (SSSR count). The van der Waals surface area contributed by atoms with Gasteiger partial charge in [0.1, 0.15) is 5.82 Å². The highest BCUT2D eigenvalue weighted by atomic mass is 79.9. The molecule has 32 heavy (non-hydrogen) atoms. The van der Waals surface area contributed by atoms with E-state index in [-0.39, 0.29) is 17.7 Å². The van der Waals surface area contributed by atoms with Crippen molar-refractivity contribution < 1.29 is 14.0 Å². The van der Waals surface area contributed by atoms with Crippen LogP contribution in [0, 0.1) is 5.92 Å². The lowest BCUT2D eigenvalue weighted by Crippen LogP contribution is -2.43. The molecule has 0 radical (unpaired) electrons. The lowest BCUT2D eigenvalue weighted by molar-refractivity contribution is -0.134. The first-order valence-corrected chi connectivity index (χ1v) is 11.6. The Morgan fingerprint density at radius 2 is 1.97 bits per heavy atom. The fourth-order valence-corrected chi connectivity index (χ4v) is 4.04. The standard InChI is InChI=1S/C24H25BrN4O3/c25-19-11-12-21(26-14-19)28-24(31)18-8-5-13-29(16-18)23(30)10-4-9-22-27-15-20(32-22)17-6-2-1-3-7-17/h1-3,6-7,11-12,14-15,18H,4-5,8-10,13,16H2,(H,26,28,31). The van der Waals surface area contributed by atoms with Gasteiger partial charge in [-0.1, -0.05) is 30.3 Å². The third kappa shape index (κ3) is 5.82. The zero-order valence-electron chi connectivity index (χ0n) is 17.7. The molecule has 0 saturated carbocycles. The van der Waals surface area contributed by atoms with Gasteiger partial charge in [0.25, 0.3) is 0 Å². The molecule has 3 aromatic rings. The van der Waals surface area contributed by atoms with Crippen molar-refractivity contribution in [1.82, 2.24) is 14.9 Å². The Labute approximate surface area is 195 Å². The zero-order valence-corrected chi connectivity index (χ0v) is 19.3. The van der Waals surface area contributed by atoms with Crippen molar-refractivity contribution in [1.29, 1.82) is 0 Å². The van der Waals surface area contributed by atoms with E-state index in [0.29, 0.717) is 44.1 Å². The second kappa shape index (κ2) is 10.5. The van der Waals surface area contributed by atoms with Crippen molar-refractivity contribution in [2.45, 2.75) is 32.1 Å². The molecule has 0 bridgehead atoms. The van der Waals surface area contributed by atoms with Crippen LogP contribution in [0.25, 0.3) is 11.3 Å². The number of aryl methyl sites for hydroxylation is 1. The van der Waals surface area contributed by atoms with Gasteiger partial charge in [-0.25, -0.2) is 9.97 Å². The number of benzene rings is 1. The van der Waals surface area contributed by atoms with E-state index in [9.17, 15) is 9.59 Å². The van der Waals surface area contributed by atoms with Crippen LogP contribution in [-0.2, 0) is 16.0 Å². The predicted octanol–water partition coefficient (Wildman–Crippen LogP) is 4.70. The predicted molar refractivity (Wildman–Crippen MR) is 125 cm³/mol. The molecule has 0 aliphatic carbocycles. The van der Waals surface area contributed by atoms with Crippen LogP contribution in [-0.4, -0.2) is 39.8 Å². The Morgan fingerprint density at radius 1 is 1.12 bits per heavy atom. The molecule has 0 spiro atoms. The molecular weight excluding hydrogens is 472 g/mol. The van der Waals surface area contributed by atoms with Crippen LogP contribution in [0.4, 0.5) is 5.82 Å². The maximum atomic E-state index is 12.7. The van der Waals surface area contributed by atoms with E-state index in [0.717, 1.165) is 28.6 Å². The van der Waals surface area contributed by atoms with Crippen LogP contribution in [0.1, 0.15) is 31.6 Å². The highest BCUT2D eigenvalue weighted by Gasteiger charge is 2.28. The van der Waals surface area contributed by atoms with Crippen molar-refractivity contribution in [3.05, 3.63) is 65.2 Å². The minimum absolute atomic E-state index is 0.0686. The summed E-state index contributed by atoms with van der Waals surface area (Å²) in [7, 11) is 0. The number of rotatable bonds is 7. The first-order valence-electron chi connectivity index (χ1n) is 10.8. The van der Waals surface area contributed by atoms with Crippen molar-refractivity contribution in [2.75, 3.05) is 18.4 Å². The second-order valence-electron chi connectivity index (χ2n) is 7.87. The first kappa shape index (κ1) is 22.2. The van der Waals surface area contributed by atoms with E-state index in [4.69, 9.17) is 4.42 Å². The topological polar surface area (TPSA) is 88.3 Å². The van der Waals surface area contributed by atoms with Gasteiger partial charge in [0, 0.05) is 42.2 Å². The number of hydrogen-bond donors (Lipinski definition) is 1. The summed E-state index contributed by atoms with van der Waals surface area (Å²) in [5.74, 6) is 1.64. The monoisotopic (exact) mass is 496 g/mol. The van der Waals surface area contributed by atoms with Gasteiger partial charge in [-0.3, -0.25) is 9.59 Å². The summed E-state index contributed by atoms with van der Waals surface area (Å²) >= 11 is 3.33. The third-order valence-electron chi connectivity index (χ3n) is 5.52. The Bertz CT molecular complexity index is 1050. The maximum absolute atomic E-state index is 12.7. The van der Waals surface area contributed by atoms with Gasteiger partial charge in [0.2, 0.25) is 11.8 Å². The number of hydrogen-bond acceptors (Lipinski definition) is 5. The number of aromatic nitrogens is 2. The summed E-state index contributed by atoms with van der Waals surface area (Å²) in [6.45, 7) is 1.13. The van der Waals surface area contributed by atoms with E-state index in [1.807, 2.05) is 36.4 Å². The molecule has 1 unspecified atom stereocenters.